The van der Waals surface area contributed by atoms with Gasteiger partial charge >= 0.3 is 0 Å². The average Bonchev–Trinajstić information content (AvgIpc) is 2.54. The first-order valence-electron chi connectivity index (χ1n) is 7.02. The molecule has 0 aromatic heterocycles. The van der Waals surface area contributed by atoms with E-state index < -0.39 is 11.7 Å². The van der Waals surface area contributed by atoms with Gasteiger partial charge in [0, 0.05) is 16.1 Å². The zero-order valence-electron chi connectivity index (χ0n) is 12.8. The highest BCUT2D eigenvalue weighted by Crippen LogP contribution is 2.26. The fourth-order valence-corrected chi connectivity index (χ4v) is 2.37. The molecule has 0 aliphatic carbocycles. The Morgan fingerprint density at radius 3 is 2.50 bits per heavy atom. The van der Waals surface area contributed by atoms with Crippen molar-refractivity contribution in [2.45, 2.75) is 17.6 Å². The predicted molar refractivity (Wildman–Crippen MR) is 88.9 cm³/mol. The Labute approximate surface area is 142 Å². The summed E-state index contributed by atoms with van der Waals surface area (Å²) in [7, 11) is 0. The number of carbonyl (C=O) groups is 2. The minimum atomic E-state index is -2.48. The van der Waals surface area contributed by atoms with Gasteiger partial charge in [-0.1, -0.05) is 23.9 Å². The number of amides is 1. The molecule has 2 rings (SSSR count). The standard InChI is InChI=1S/C17H15F2NO3S/c1-11(21)12-3-2-4-14(9-12)23-10-16(22)20-13-5-7-15(8-6-13)24-17(18)19/h2-9,17H,10H2,1H3,(H,20,22). The summed E-state index contributed by atoms with van der Waals surface area (Å²) in [6, 6.07) is 12.6. The minimum Gasteiger partial charge on any atom is -0.484 e. The van der Waals surface area contributed by atoms with E-state index in [1.54, 1.807) is 36.4 Å². The molecule has 0 saturated carbocycles. The van der Waals surface area contributed by atoms with Crippen LogP contribution in [0.25, 0.3) is 0 Å². The van der Waals surface area contributed by atoms with E-state index in [1.165, 1.54) is 19.1 Å². The maximum Gasteiger partial charge on any atom is 0.288 e. The molecule has 1 N–H and O–H groups in total. The lowest BCUT2D eigenvalue weighted by Gasteiger charge is -2.09. The number of anilines is 1. The fraction of sp³-hybridized carbons (Fsp3) is 0.176. The second-order valence-electron chi connectivity index (χ2n) is 4.82. The number of halogens is 2. The number of rotatable bonds is 7. The van der Waals surface area contributed by atoms with Crippen LogP contribution in [-0.4, -0.2) is 24.1 Å². The van der Waals surface area contributed by atoms with Gasteiger partial charge in [-0.05, 0) is 43.3 Å². The van der Waals surface area contributed by atoms with E-state index in [9.17, 15) is 18.4 Å². The van der Waals surface area contributed by atoms with E-state index in [-0.39, 0.29) is 12.4 Å². The Morgan fingerprint density at radius 1 is 1.17 bits per heavy atom. The van der Waals surface area contributed by atoms with Crippen molar-refractivity contribution in [2.24, 2.45) is 0 Å². The van der Waals surface area contributed by atoms with Gasteiger partial charge in [-0.2, -0.15) is 8.78 Å². The van der Waals surface area contributed by atoms with Crippen LogP contribution in [0.4, 0.5) is 14.5 Å². The summed E-state index contributed by atoms with van der Waals surface area (Å²) in [5.41, 5.74) is 0.986. The zero-order valence-corrected chi connectivity index (χ0v) is 13.6. The Kier molecular flexibility index (Phi) is 6.31. The van der Waals surface area contributed by atoms with Crippen LogP contribution in [-0.2, 0) is 4.79 Å². The molecule has 24 heavy (non-hydrogen) atoms. The third kappa shape index (κ3) is 5.66. The normalized spacial score (nSPS) is 10.5. The average molecular weight is 351 g/mol. The highest BCUT2D eigenvalue weighted by molar-refractivity contribution is 7.99. The topological polar surface area (TPSA) is 55.4 Å². The lowest BCUT2D eigenvalue weighted by molar-refractivity contribution is -0.118. The summed E-state index contributed by atoms with van der Waals surface area (Å²) in [6.07, 6.45) is 0. The van der Waals surface area contributed by atoms with E-state index in [2.05, 4.69) is 5.32 Å². The fourth-order valence-electron chi connectivity index (χ4n) is 1.87. The Hall–Kier alpha value is -2.41. The minimum absolute atomic E-state index is 0.0911. The molecule has 0 aliphatic rings. The SMILES string of the molecule is CC(=O)c1cccc(OCC(=O)Nc2ccc(SC(F)F)cc2)c1. The molecule has 0 fully saturated rings. The van der Waals surface area contributed by atoms with Crippen molar-refractivity contribution in [3.05, 3.63) is 54.1 Å². The number of hydrogen-bond donors (Lipinski definition) is 1. The molecular formula is C17H15F2NO3S. The van der Waals surface area contributed by atoms with Crippen molar-refractivity contribution in [3.63, 3.8) is 0 Å². The van der Waals surface area contributed by atoms with Crippen LogP contribution in [0.2, 0.25) is 0 Å². The van der Waals surface area contributed by atoms with Crippen LogP contribution in [0.15, 0.2) is 53.4 Å². The van der Waals surface area contributed by atoms with Crippen LogP contribution >= 0.6 is 11.8 Å². The molecule has 0 atom stereocenters. The number of nitrogens with one attached hydrogen (secondary N) is 1. The number of thioether (sulfide) groups is 1. The summed E-state index contributed by atoms with van der Waals surface area (Å²) in [5, 5.41) is 2.60. The largest absolute Gasteiger partial charge is 0.484 e. The highest BCUT2D eigenvalue weighted by atomic mass is 32.2. The monoisotopic (exact) mass is 351 g/mol. The molecule has 4 nitrogen and oxygen atoms in total. The first-order valence-corrected chi connectivity index (χ1v) is 7.90. The van der Waals surface area contributed by atoms with Crippen molar-refractivity contribution in [1.29, 1.82) is 0 Å². The van der Waals surface area contributed by atoms with Crippen LogP contribution < -0.4 is 10.1 Å². The molecule has 0 aliphatic heterocycles. The summed E-state index contributed by atoms with van der Waals surface area (Å²) >= 11 is 0.439. The second-order valence-corrected chi connectivity index (χ2v) is 5.89. The van der Waals surface area contributed by atoms with Crippen LogP contribution in [0.1, 0.15) is 17.3 Å². The van der Waals surface area contributed by atoms with Crippen molar-refractivity contribution in [1.82, 2.24) is 0 Å². The third-order valence-corrected chi connectivity index (χ3v) is 3.70. The molecule has 0 unspecified atom stereocenters. The second kappa shape index (κ2) is 8.44. The van der Waals surface area contributed by atoms with Gasteiger partial charge in [0.25, 0.3) is 11.7 Å². The van der Waals surface area contributed by atoms with Crippen molar-refractivity contribution < 1.29 is 23.1 Å². The van der Waals surface area contributed by atoms with Crippen LogP contribution in [0.5, 0.6) is 5.75 Å². The number of benzene rings is 2. The van der Waals surface area contributed by atoms with Crippen molar-refractivity contribution in [3.8, 4) is 5.75 Å². The predicted octanol–water partition coefficient (Wildman–Crippen LogP) is 4.22. The first kappa shape index (κ1) is 17.9. The van der Waals surface area contributed by atoms with E-state index in [4.69, 9.17) is 4.74 Å². The van der Waals surface area contributed by atoms with E-state index in [0.29, 0.717) is 33.7 Å². The van der Waals surface area contributed by atoms with Crippen molar-refractivity contribution >= 4 is 29.1 Å². The molecule has 0 saturated heterocycles. The molecule has 1 amide bonds. The number of carbonyl (C=O) groups excluding carboxylic acids is 2. The molecule has 126 valence electrons. The Balaban J connectivity index is 1.87. The zero-order chi connectivity index (χ0) is 17.5. The summed E-state index contributed by atoms with van der Waals surface area (Å²) in [6.45, 7) is 1.22. The van der Waals surface area contributed by atoms with Gasteiger partial charge in [0.15, 0.2) is 12.4 Å². The number of ketones is 1. The third-order valence-electron chi connectivity index (χ3n) is 2.97. The summed E-state index contributed by atoms with van der Waals surface area (Å²) < 4.78 is 29.8. The van der Waals surface area contributed by atoms with Gasteiger partial charge < -0.3 is 10.1 Å². The Morgan fingerprint density at radius 2 is 1.88 bits per heavy atom. The van der Waals surface area contributed by atoms with Gasteiger partial charge in [0.05, 0.1) is 0 Å². The molecule has 0 bridgehead atoms. The number of Topliss-reactive ketones (excluding diaryl/α,β-unsaturated/α-hetero) is 1. The Bertz CT molecular complexity index is 720. The van der Waals surface area contributed by atoms with Gasteiger partial charge in [-0.15, -0.1) is 0 Å². The van der Waals surface area contributed by atoms with E-state index >= 15 is 0 Å². The van der Waals surface area contributed by atoms with Crippen molar-refractivity contribution in [2.75, 3.05) is 11.9 Å². The molecular weight excluding hydrogens is 336 g/mol. The van der Waals surface area contributed by atoms with Crippen LogP contribution in [0, 0.1) is 0 Å². The lowest BCUT2D eigenvalue weighted by Crippen LogP contribution is -2.20. The summed E-state index contributed by atoms with van der Waals surface area (Å²) in [4.78, 5) is 23.5. The molecule has 2 aromatic rings. The highest BCUT2D eigenvalue weighted by Gasteiger charge is 2.07. The van der Waals surface area contributed by atoms with Gasteiger partial charge in [-0.25, -0.2) is 0 Å². The maximum absolute atomic E-state index is 12.2. The van der Waals surface area contributed by atoms with Gasteiger partial charge in [0.1, 0.15) is 5.75 Å². The van der Waals surface area contributed by atoms with Crippen LogP contribution in [0.3, 0.4) is 0 Å². The van der Waals surface area contributed by atoms with E-state index in [0.717, 1.165) is 0 Å². The number of alkyl halides is 2. The quantitative estimate of drug-likeness (QED) is 0.599. The maximum atomic E-state index is 12.2. The first-order chi connectivity index (χ1) is 11.4. The van der Waals surface area contributed by atoms with Gasteiger partial charge in [0.2, 0.25) is 0 Å². The molecule has 2 aromatic carbocycles. The number of ether oxygens (including phenoxy) is 1. The van der Waals surface area contributed by atoms with Gasteiger partial charge in [-0.3, -0.25) is 9.59 Å². The molecule has 0 radical (unpaired) electrons. The molecule has 0 heterocycles. The van der Waals surface area contributed by atoms with E-state index in [1.807, 2.05) is 0 Å². The molecule has 7 heteroatoms. The molecule has 0 spiro atoms. The lowest BCUT2D eigenvalue weighted by atomic mass is 10.1. The number of hydrogen-bond acceptors (Lipinski definition) is 4. The smallest absolute Gasteiger partial charge is 0.288 e. The summed E-state index contributed by atoms with van der Waals surface area (Å²) in [5.74, 6) is -2.55.